The molecule has 1 aromatic carbocycles. The molecule has 0 radical (unpaired) electrons. The highest BCUT2D eigenvalue weighted by molar-refractivity contribution is 5.76. The first-order valence-electron chi connectivity index (χ1n) is 10.4. The molecule has 7 nitrogen and oxygen atoms in total. The first-order chi connectivity index (χ1) is 14.0. The molecule has 1 aliphatic heterocycles. The molecule has 160 valence electrons. The molecular formula is C21H30FN3O4. The Hall–Kier alpha value is -2.19. The Morgan fingerprint density at radius 2 is 1.79 bits per heavy atom. The highest BCUT2D eigenvalue weighted by atomic mass is 19.1. The maximum absolute atomic E-state index is 12.9. The summed E-state index contributed by atoms with van der Waals surface area (Å²) in [6, 6.07) is 5.69. The predicted octanol–water partition coefficient (Wildman–Crippen LogP) is 1.98. The maximum atomic E-state index is 12.9. The van der Waals surface area contributed by atoms with Gasteiger partial charge in [0.25, 0.3) is 0 Å². The van der Waals surface area contributed by atoms with Gasteiger partial charge in [-0.2, -0.15) is 0 Å². The fraction of sp³-hybridized carbons (Fsp3) is 0.619. The summed E-state index contributed by atoms with van der Waals surface area (Å²) >= 11 is 0. The zero-order valence-corrected chi connectivity index (χ0v) is 16.5. The van der Waals surface area contributed by atoms with Crippen molar-refractivity contribution in [3.8, 4) is 0 Å². The van der Waals surface area contributed by atoms with Crippen LogP contribution in [-0.4, -0.2) is 47.9 Å². The van der Waals surface area contributed by atoms with Crippen LogP contribution < -0.4 is 16.0 Å². The number of halogens is 1. The minimum absolute atomic E-state index is 0.165. The molecule has 1 saturated heterocycles. The molecule has 0 bridgehead atoms. The van der Waals surface area contributed by atoms with Gasteiger partial charge in [-0.15, -0.1) is 0 Å². The van der Waals surface area contributed by atoms with E-state index in [-0.39, 0.29) is 49.0 Å². The summed E-state index contributed by atoms with van der Waals surface area (Å²) < 4.78 is 18.8. The van der Waals surface area contributed by atoms with E-state index in [2.05, 4.69) is 16.0 Å². The molecule has 2 fully saturated rings. The molecule has 29 heavy (non-hydrogen) atoms. The van der Waals surface area contributed by atoms with Gasteiger partial charge in [-0.3, -0.25) is 4.79 Å². The number of aliphatic hydroxyl groups is 1. The van der Waals surface area contributed by atoms with Crippen molar-refractivity contribution in [1.82, 2.24) is 16.0 Å². The van der Waals surface area contributed by atoms with Crippen LogP contribution in [0.3, 0.4) is 0 Å². The standard InChI is InChI=1S/C21H30FN3O4/c22-15-7-5-14(6-8-15)12-23-20(27)11-17-9-10-18(19(13-26)29-17)25-21(28)24-16-3-1-2-4-16/h5-8,16-19,26H,1-4,9-13H2,(H,23,27)(H2,24,25,28)/t17-,18-,19-/m0/s1. The molecule has 4 N–H and O–H groups in total. The Bertz CT molecular complexity index is 679. The van der Waals surface area contributed by atoms with E-state index in [0.717, 1.165) is 31.2 Å². The molecule has 2 aliphatic rings. The molecule has 3 rings (SSSR count). The number of hydrogen-bond acceptors (Lipinski definition) is 4. The van der Waals surface area contributed by atoms with Crippen LogP contribution in [0.2, 0.25) is 0 Å². The van der Waals surface area contributed by atoms with Gasteiger partial charge in [0.15, 0.2) is 0 Å². The van der Waals surface area contributed by atoms with Crippen LogP contribution >= 0.6 is 0 Å². The smallest absolute Gasteiger partial charge is 0.315 e. The van der Waals surface area contributed by atoms with Crippen molar-refractivity contribution in [3.63, 3.8) is 0 Å². The molecular weight excluding hydrogens is 377 g/mol. The van der Waals surface area contributed by atoms with Gasteiger partial charge in [-0.1, -0.05) is 25.0 Å². The van der Waals surface area contributed by atoms with Crippen molar-refractivity contribution >= 4 is 11.9 Å². The number of hydrogen-bond donors (Lipinski definition) is 4. The van der Waals surface area contributed by atoms with Gasteiger partial charge in [-0.05, 0) is 43.4 Å². The number of benzene rings is 1. The minimum atomic E-state index is -0.534. The van der Waals surface area contributed by atoms with Gasteiger partial charge >= 0.3 is 6.03 Å². The molecule has 3 amide bonds. The first kappa shape index (κ1) is 21.5. The first-order valence-corrected chi connectivity index (χ1v) is 10.4. The summed E-state index contributed by atoms with van der Waals surface area (Å²) in [5, 5.41) is 18.3. The number of urea groups is 1. The van der Waals surface area contributed by atoms with Crippen molar-refractivity contribution in [2.24, 2.45) is 0 Å². The lowest BCUT2D eigenvalue weighted by Crippen LogP contribution is -2.54. The lowest BCUT2D eigenvalue weighted by Gasteiger charge is -2.36. The van der Waals surface area contributed by atoms with E-state index in [0.29, 0.717) is 19.4 Å². The van der Waals surface area contributed by atoms with Crippen molar-refractivity contribution in [3.05, 3.63) is 35.6 Å². The quantitative estimate of drug-likeness (QED) is 0.555. The van der Waals surface area contributed by atoms with Crippen LogP contribution in [0.15, 0.2) is 24.3 Å². The zero-order valence-electron chi connectivity index (χ0n) is 16.5. The Balaban J connectivity index is 1.40. The second kappa shape index (κ2) is 10.5. The number of carbonyl (C=O) groups is 2. The van der Waals surface area contributed by atoms with E-state index in [1.165, 1.54) is 12.1 Å². The second-order valence-electron chi connectivity index (χ2n) is 7.87. The third-order valence-corrected chi connectivity index (χ3v) is 5.62. The van der Waals surface area contributed by atoms with Crippen LogP contribution in [0.5, 0.6) is 0 Å². The fourth-order valence-corrected chi connectivity index (χ4v) is 3.99. The Morgan fingerprint density at radius 3 is 2.48 bits per heavy atom. The minimum Gasteiger partial charge on any atom is -0.394 e. The van der Waals surface area contributed by atoms with Crippen LogP contribution in [0, 0.1) is 5.82 Å². The number of rotatable bonds is 7. The van der Waals surface area contributed by atoms with Crippen molar-refractivity contribution < 1.29 is 23.8 Å². The molecule has 3 atom stereocenters. The Morgan fingerprint density at radius 1 is 1.07 bits per heavy atom. The Labute approximate surface area is 170 Å². The molecule has 8 heteroatoms. The van der Waals surface area contributed by atoms with E-state index in [4.69, 9.17) is 4.74 Å². The van der Waals surface area contributed by atoms with Crippen molar-refractivity contribution in [1.29, 1.82) is 0 Å². The highest BCUT2D eigenvalue weighted by Crippen LogP contribution is 2.22. The average molecular weight is 407 g/mol. The summed E-state index contributed by atoms with van der Waals surface area (Å²) in [7, 11) is 0. The molecule has 0 aromatic heterocycles. The number of aliphatic hydroxyl groups excluding tert-OH is 1. The van der Waals surface area contributed by atoms with E-state index < -0.39 is 6.10 Å². The van der Waals surface area contributed by atoms with E-state index in [1.807, 2.05) is 0 Å². The monoisotopic (exact) mass is 407 g/mol. The lowest BCUT2D eigenvalue weighted by atomic mass is 9.97. The zero-order chi connectivity index (χ0) is 20.6. The van der Waals surface area contributed by atoms with Crippen LogP contribution in [0.1, 0.15) is 50.5 Å². The van der Waals surface area contributed by atoms with Crippen LogP contribution in [-0.2, 0) is 16.1 Å². The van der Waals surface area contributed by atoms with Gasteiger partial charge in [0.1, 0.15) is 11.9 Å². The molecule has 1 aliphatic carbocycles. The number of carbonyl (C=O) groups excluding carboxylic acids is 2. The van der Waals surface area contributed by atoms with E-state index in [1.54, 1.807) is 12.1 Å². The normalized spacial score (nSPS) is 24.8. The predicted molar refractivity (Wildman–Crippen MR) is 106 cm³/mol. The average Bonchev–Trinajstić information content (AvgIpc) is 3.21. The third kappa shape index (κ3) is 6.68. The number of amides is 3. The summed E-state index contributed by atoms with van der Waals surface area (Å²) in [4.78, 5) is 24.4. The van der Waals surface area contributed by atoms with Gasteiger partial charge < -0.3 is 25.8 Å². The fourth-order valence-electron chi connectivity index (χ4n) is 3.99. The number of nitrogens with one attached hydrogen (secondary N) is 3. The van der Waals surface area contributed by atoms with E-state index >= 15 is 0 Å². The summed E-state index contributed by atoms with van der Waals surface area (Å²) in [6.45, 7) is 0.100. The van der Waals surface area contributed by atoms with Gasteiger partial charge in [0, 0.05) is 12.6 Å². The van der Waals surface area contributed by atoms with Gasteiger partial charge in [0.05, 0.1) is 25.2 Å². The Kier molecular flexibility index (Phi) is 7.83. The molecule has 0 unspecified atom stereocenters. The number of ether oxygens (including phenoxy) is 1. The van der Waals surface area contributed by atoms with Gasteiger partial charge in [0.2, 0.25) is 5.91 Å². The maximum Gasteiger partial charge on any atom is 0.315 e. The third-order valence-electron chi connectivity index (χ3n) is 5.62. The molecule has 0 spiro atoms. The van der Waals surface area contributed by atoms with Crippen molar-refractivity contribution in [2.45, 2.75) is 75.8 Å². The largest absolute Gasteiger partial charge is 0.394 e. The highest BCUT2D eigenvalue weighted by Gasteiger charge is 2.33. The summed E-state index contributed by atoms with van der Waals surface area (Å²) in [5.41, 5.74) is 0.815. The molecule has 1 aromatic rings. The molecule has 1 heterocycles. The van der Waals surface area contributed by atoms with Gasteiger partial charge in [-0.25, -0.2) is 9.18 Å². The topological polar surface area (TPSA) is 99.7 Å². The summed E-state index contributed by atoms with van der Waals surface area (Å²) in [6.07, 6.45) is 4.89. The molecule has 1 saturated carbocycles. The second-order valence-corrected chi connectivity index (χ2v) is 7.87. The van der Waals surface area contributed by atoms with E-state index in [9.17, 15) is 19.1 Å². The van der Waals surface area contributed by atoms with Crippen LogP contribution in [0.4, 0.5) is 9.18 Å². The SMILES string of the molecule is O=C(C[C@@H]1CC[C@H](NC(=O)NC2CCCC2)[C@H](CO)O1)NCc1ccc(F)cc1. The lowest BCUT2D eigenvalue weighted by molar-refractivity contribution is -0.130. The summed E-state index contributed by atoms with van der Waals surface area (Å²) in [5.74, 6) is -0.479. The van der Waals surface area contributed by atoms with Crippen LogP contribution in [0.25, 0.3) is 0 Å². The van der Waals surface area contributed by atoms with Crippen molar-refractivity contribution in [2.75, 3.05) is 6.61 Å².